The summed E-state index contributed by atoms with van der Waals surface area (Å²) in [5.41, 5.74) is -1.45. The summed E-state index contributed by atoms with van der Waals surface area (Å²) >= 11 is 0. The lowest BCUT2D eigenvalue weighted by Crippen LogP contribution is -2.52. The zero-order chi connectivity index (χ0) is 20.5. The van der Waals surface area contributed by atoms with Crippen molar-refractivity contribution >= 4 is 5.91 Å². The minimum atomic E-state index is -4.43. The highest BCUT2D eigenvalue weighted by atomic mass is 19.4. The monoisotopic (exact) mass is 416 g/mol. The first-order valence-corrected chi connectivity index (χ1v) is 10.2. The van der Waals surface area contributed by atoms with Gasteiger partial charge < -0.3 is 19.8 Å². The number of nitrogens with one attached hydrogen (secondary N) is 2. The average Bonchev–Trinajstić information content (AvgIpc) is 3.30. The molecule has 2 N–H and O–H groups in total. The Morgan fingerprint density at radius 1 is 1.34 bits per heavy atom. The Labute approximate surface area is 167 Å². The van der Waals surface area contributed by atoms with Gasteiger partial charge in [-0.05, 0) is 12.8 Å². The molecule has 1 aliphatic carbocycles. The minimum absolute atomic E-state index is 0.0876. The molecule has 1 aromatic rings. The predicted octanol–water partition coefficient (Wildman–Crippen LogP) is 2.24. The fourth-order valence-corrected chi connectivity index (χ4v) is 4.49. The molecule has 1 spiro atoms. The van der Waals surface area contributed by atoms with Gasteiger partial charge in [-0.2, -0.15) is 13.2 Å². The van der Waals surface area contributed by atoms with E-state index in [2.05, 4.69) is 15.3 Å². The fourth-order valence-electron chi connectivity index (χ4n) is 4.49. The van der Waals surface area contributed by atoms with Crippen LogP contribution in [0.4, 0.5) is 13.2 Å². The molecule has 162 valence electrons. The molecule has 1 amide bonds. The summed E-state index contributed by atoms with van der Waals surface area (Å²) in [6.07, 6.45) is 1.81. The van der Waals surface area contributed by atoms with Gasteiger partial charge >= 0.3 is 6.18 Å². The van der Waals surface area contributed by atoms with E-state index in [1.807, 2.05) is 4.90 Å². The number of aromatic nitrogens is 2. The van der Waals surface area contributed by atoms with Gasteiger partial charge in [0.2, 0.25) is 5.91 Å². The van der Waals surface area contributed by atoms with Crippen LogP contribution in [0.1, 0.15) is 50.0 Å². The number of carbonyl (C=O) groups excluding carboxylic acids is 1. The first-order valence-electron chi connectivity index (χ1n) is 10.2. The van der Waals surface area contributed by atoms with Gasteiger partial charge in [0, 0.05) is 25.6 Å². The summed E-state index contributed by atoms with van der Waals surface area (Å²) in [4.78, 5) is 20.8. The quantitative estimate of drug-likeness (QED) is 0.787. The Morgan fingerprint density at radius 3 is 2.86 bits per heavy atom. The molecule has 3 heterocycles. The Bertz CT molecular complexity index is 720. The van der Waals surface area contributed by atoms with Gasteiger partial charge in [-0.3, -0.25) is 9.69 Å². The molecule has 0 bridgehead atoms. The number of imidazole rings is 1. The predicted molar refractivity (Wildman–Crippen MR) is 96.9 cm³/mol. The van der Waals surface area contributed by atoms with Gasteiger partial charge in [0.15, 0.2) is 0 Å². The molecule has 7 nitrogen and oxygen atoms in total. The number of H-pyrrole nitrogens is 1. The van der Waals surface area contributed by atoms with Gasteiger partial charge in [-0.25, -0.2) is 4.98 Å². The van der Waals surface area contributed by atoms with Crippen molar-refractivity contribution in [2.24, 2.45) is 0 Å². The number of carbonyl (C=O) groups is 1. The highest BCUT2D eigenvalue weighted by Gasteiger charge is 2.47. The number of morpholine rings is 1. The number of nitrogens with zero attached hydrogens (tertiary/aromatic N) is 2. The van der Waals surface area contributed by atoms with Crippen LogP contribution in [-0.4, -0.2) is 64.8 Å². The third-order valence-electron chi connectivity index (χ3n) is 5.98. The molecule has 2 atom stereocenters. The topological polar surface area (TPSA) is 79.5 Å². The molecule has 3 fully saturated rings. The van der Waals surface area contributed by atoms with Gasteiger partial charge in [0.25, 0.3) is 0 Å². The maximum Gasteiger partial charge on any atom is 0.432 e. The van der Waals surface area contributed by atoms with Gasteiger partial charge in [0.05, 0.1) is 26.0 Å². The lowest BCUT2D eigenvalue weighted by molar-refractivity contribution is -0.141. The highest BCUT2D eigenvalue weighted by molar-refractivity contribution is 5.81. The largest absolute Gasteiger partial charge is 0.432 e. The Kier molecular flexibility index (Phi) is 5.85. The third-order valence-corrected chi connectivity index (χ3v) is 5.98. The van der Waals surface area contributed by atoms with Crippen LogP contribution in [0.5, 0.6) is 0 Å². The molecule has 29 heavy (non-hydrogen) atoms. The summed E-state index contributed by atoms with van der Waals surface area (Å²) in [6.45, 7) is 2.08. The Morgan fingerprint density at radius 2 is 2.14 bits per heavy atom. The summed E-state index contributed by atoms with van der Waals surface area (Å²) in [5.74, 6) is 0.176. The van der Waals surface area contributed by atoms with E-state index < -0.39 is 23.6 Å². The second-order valence-electron chi connectivity index (χ2n) is 8.33. The van der Waals surface area contributed by atoms with Crippen LogP contribution in [0.3, 0.4) is 0 Å². The molecule has 3 aliphatic rings. The molecule has 2 unspecified atom stereocenters. The molecule has 2 saturated heterocycles. The summed E-state index contributed by atoms with van der Waals surface area (Å²) in [7, 11) is 0. The van der Waals surface area contributed by atoms with Crippen molar-refractivity contribution in [1.29, 1.82) is 0 Å². The van der Waals surface area contributed by atoms with Crippen LogP contribution >= 0.6 is 0 Å². The number of amides is 1. The fraction of sp³-hybridized carbons (Fsp3) is 0.789. The summed E-state index contributed by atoms with van der Waals surface area (Å²) in [5, 5.41) is 3.10. The molecule has 1 saturated carbocycles. The van der Waals surface area contributed by atoms with Crippen molar-refractivity contribution < 1.29 is 27.4 Å². The van der Waals surface area contributed by atoms with Gasteiger partial charge in [0.1, 0.15) is 23.2 Å². The zero-order valence-corrected chi connectivity index (χ0v) is 16.3. The smallest absolute Gasteiger partial charge is 0.370 e. The van der Waals surface area contributed by atoms with E-state index in [1.165, 1.54) is 6.42 Å². The van der Waals surface area contributed by atoms with Crippen LogP contribution in [-0.2, 0) is 27.0 Å². The van der Waals surface area contributed by atoms with Crippen LogP contribution in [0.15, 0.2) is 6.20 Å². The summed E-state index contributed by atoms with van der Waals surface area (Å²) < 4.78 is 50.0. The molecule has 0 radical (unpaired) electrons. The lowest BCUT2D eigenvalue weighted by atomic mass is 9.94. The minimum Gasteiger partial charge on any atom is -0.370 e. The molecular weight excluding hydrogens is 389 g/mol. The van der Waals surface area contributed by atoms with E-state index in [9.17, 15) is 18.0 Å². The lowest BCUT2D eigenvalue weighted by Gasteiger charge is -2.39. The van der Waals surface area contributed by atoms with Crippen molar-refractivity contribution in [3.05, 3.63) is 17.7 Å². The van der Waals surface area contributed by atoms with Crippen LogP contribution in [0.2, 0.25) is 0 Å². The number of rotatable bonds is 4. The average molecular weight is 416 g/mol. The van der Waals surface area contributed by atoms with Crippen LogP contribution in [0.25, 0.3) is 0 Å². The number of aromatic amines is 1. The number of hydrogen-bond acceptors (Lipinski definition) is 5. The maximum atomic E-state index is 12.7. The van der Waals surface area contributed by atoms with Crippen LogP contribution < -0.4 is 5.32 Å². The first kappa shape index (κ1) is 20.6. The molecule has 10 heteroatoms. The van der Waals surface area contributed by atoms with Crippen molar-refractivity contribution in [2.75, 3.05) is 26.3 Å². The second-order valence-corrected chi connectivity index (χ2v) is 8.33. The summed E-state index contributed by atoms with van der Waals surface area (Å²) in [6, 6.07) is 0.224. The Hall–Kier alpha value is -1.65. The zero-order valence-electron chi connectivity index (χ0n) is 16.3. The van der Waals surface area contributed by atoms with Crippen molar-refractivity contribution in [3.63, 3.8) is 0 Å². The number of alkyl halides is 3. The number of hydrogen-bond donors (Lipinski definition) is 2. The SMILES string of the molecule is O=C(NC1CCCCC1)C1CC2(CO1)CN(Cc1ncc(C(F)(F)F)[nH]1)CCO2. The van der Waals surface area contributed by atoms with Crippen molar-refractivity contribution in [2.45, 2.75) is 69.0 Å². The van der Waals surface area contributed by atoms with E-state index in [0.29, 0.717) is 32.7 Å². The number of halogens is 3. The highest BCUT2D eigenvalue weighted by Crippen LogP contribution is 2.33. The molecular formula is C19H27F3N4O3. The van der Waals surface area contributed by atoms with E-state index >= 15 is 0 Å². The van der Waals surface area contributed by atoms with E-state index in [4.69, 9.17) is 9.47 Å². The standard InChI is InChI=1S/C19H27F3N4O3/c20-19(21,22)15-9-23-16(25-15)10-26-6-7-29-18(11-26)8-14(28-12-18)17(27)24-13-4-2-1-3-5-13/h9,13-14H,1-8,10-12H2,(H,23,25)(H,24,27). The van der Waals surface area contributed by atoms with E-state index in [1.54, 1.807) is 0 Å². The second kappa shape index (κ2) is 8.23. The van der Waals surface area contributed by atoms with E-state index in [0.717, 1.165) is 31.9 Å². The maximum absolute atomic E-state index is 12.7. The first-order chi connectivity index (χ1) is 13.8. The van der Waals surface area contributed by atoms with Gasteiger partial charge in [-0.15, -0.1) is 0 Å². The molecule has 0 aromatic carbocycles. The molecule has 2 aliphatic heterocycles. The Balaban J connectivity index is 1.32. The molecule has 1 aromatic heterocycles. The van der Waals surface area contributed by atoms with Gasteiger partial charge in [-0.1, -0.05) is 19.3 Å². The van der Waals surface area contributed by atoms with Crippen LogP contribution in [0, 0.1) is 0 Å². The molecule has 4 rings (SSSR count). The third kappa shape index (κ3) is 4.92. The van der Waals surface area contributed by atoms with E-state index in [-0.39, 0.29) is 24.3 Å². The normalized spacial score (nSPS) is 29.4. The van der Waals surface area contributed by atoms with Crippen molar-refractivity contribution in [3.8, 4) is 0 Å². The number of ether oxygens (including phenoxy) is 2. The van der Waals surface area contributed by atoms with Crippen molar-refractivity contribution in [1.82, 2.24) is 20.2 Å².